The van der Waals surface area contributed by atoms with Crippen molar-refractivity contribution in [1.29, 1.82) is 0 Å². The number of nitrogens with one attached hydrogen (secondary N) is 2. The van der Waals surface area contributed by atoms with Crippen molar-refractivity contribution < 1.29 is 38.4 Å². The van der Waals surface area contributed by atoms with E-state index in [1.54, 1.807) is 34.6 Å². The molecule has 0 spiro atoms. The number of carbonyl (C=O) groups is 5. The average molecular weight is 770 g/mol. The van der Waals surface area contributed by atoms with E-state index < -0.39 is 64.5 Å². The first kappa shape index (κ1) is 41.4. The van der Waals surface area contributed by atoms with Crippen molar-refractivity contribution in [3.63, 3.8) is 0 Å². The van der Waals surface area contributed by atoms with Gasteiger partial charge < -0.3 is 29.9 Å². The predicted molar refractivity (Wildman–Crippen MR) is 207 cm³/mol. The lowest BCUT2D eigenvalue weighted by molar-refractivity contribution is -0.384. The van der Waals surface area contributed by atoms with Gasteiger partial charge in [0.25, 0.3) is 5.69 Å². The van der Waals surface area contributed by atoms with Crippen LogP contribution >= 0.6 is 0 Å². The van der Waals surface area contributed by atoms with Crippen molar-refractivity contribution in [3.8, 4) is 0 Å². The number of rotatable bonds is 13. The SMILES string of the molecule is CC(C)[C@H](NC(=O)OC(C)(C)C)C(=O)N[C@H](C(=O)N1CCC[C@H]1C(=O)N1CCC[C@H]1C(=O)OCc1ccc([N+](=O)[O-])cc1)C(c1ccccc1)c1ccccc1. The largest absolute Gasteiger partial charge is 0.459 e. The van der Waals surface area contributed by atoms with E-state index in [0.717, 1.165) is 11.1 Å². The third-order valence-corrected chi connectivity index (χ3v) is 9.99. The van der Waals surface area contributed by atoms with Gasteiger partial charge in [0.2, 0.25) is 17.7 Å². The zero-order chi connectivity index (χ0) is 40.6. The van der Waals surface area contributed by atoms with E-state index >= 15 is 4.79 Å². The molecule has 2 saturated heterocycles. The number of alkyl carbamates (subject to hydrolysis) is 1. The molecule has 0 aliphatic carbocycles. The Morgan fingerprint density at radius 3 is 1.88 bits per heavy atom. The maximum absolute atomic E-state index is 15.0. The van der Waals surface area contributed by atoms with Crippen LogP contribution in [0.2, 0.25) is 0 Å². The Kier molecular flexibility index (Phi) is 13.5. The van der Waals surface area contributed by atoms with E-state index in [9.17, 15) is 29.3 Å². The van der Waals surface area contributed by atoms with Crippen LogP contribution in [0.4, 0.5) is 10.5 Å². The van der Waals surface area contributed by atoms with Crippen LogP contribution in [0.3, 0.4) is 0 Å². The number of likely N-dealkylation sites (tertiary alicyclic amines) is 2. The van der Waals surface area contributed by atoms with Crippen LogP contribution in [-0.2, 0) is 35.3 Å². The van der Waals surface area contributed by atoms with Crippen LogP contribution < -0.4 is 10.6 Å². The summed E-state index contributed by atoms with van der Waals surface area (Å²) in [7, 11) is 0. The minimum absolute atomic E-state index is 0.0822. The van der Waals surface area contributed by atoms with Gasteiger partial charge in [0.05, 0.1) is 4.92 Å². The lowest BCUT2D eigenvalue weighted by Crippen LogP contribution is -2.60. The van der Waals surface area contributed by atoms with E-state index in [1.807, 2.05) is 60.7 Å². The second-order valence-electron chi connectivity index (χ2n) is 15.6. The number of nitro groups is 1. The average Bonchev–Trinajstić information content (AvgIpc) is 3.87. The van der Waals surface area contributed by atoms with Crippen molar-refractivity contribution in [2.24, 2.45) is 5.92 Å². The Labute approximate surface area is 327 Å². The molecule has 14 heteroatoms. The molecular weight excluding hydrogens is 718 g/mol. The van der Waals surface area contributed by atoms with Crippen LogP contribution in [0, 0.1) is 16.0 Å². The molecule has 2 aliphatic rings. The van der Waals surface area contributed by atoms with Crippen LogP contribution in [0.1, 0.15) is 82.9 Å². The topological polar surface area (TPSA) is 177 Å². The number of hydrogen-bond acceptors (Lipinski definition) is 9. The highest BCUT2D eigenvalue weighted by atomic mass is 16.6. The minimum Gasteiger partial charge on any atom is -0.459 e. The first-order chi connectivity index (χ1) is 26.6. The Morgan fingerprint density at radius 2 is 1.34 bits per heavy atom. The summed E-state index contributed by atoms with van der Waals surface area (Å²) in [5.74, 6) is -3.08. The van der Waals surface area contributed by atoms with Gasteiger partial charge in [0.15, 0.2) is 0 Å². The minimum atomic E-state index is -1.19. The van der Waals surface area contributed by atoms with E-state index in [0.29, 0.717) is 37.8 Å². The van der Waals surface area contributed by atoms with Gasteiger partial charge in [0, 0.05) is 31.1 Å². The third kappa shape index (κ3) is 10.3. The van der Waals surface area contributed by atoms with Crippen LogP contribution in [0.5, 0.6) is 0 Å². The molecule has 3 aromatic carbocycles. The van der Waals surface area contributed by atoms with Gasteiger partial charge in [-0.1, -0.05) is 74.5 Å². The summed E-state index contributed by atoms with van der Waals surface area (Å²) in [6, 6.07) is 20.3. The van der Waals surface area contributed by atoms with Gasteiger partial charge in [0.1, 0.15) is 36.4 Å². The number of ether oxygens (including phenoxy) is 2. The molecule has 0 radical (unpaired) electrons. The zero-order valence-corrected chi connectivity index (χ0v) is 32.5. The molecule has 0 aromatic heterocycles. The number of nitro benzene ring substituents is 1. The second kappa shape index (κ2) is 18.2. The molecule has 4 atom stereocenters. The van der Waals surface area contributed by atoms with Crippen LogP contribution in [0.25, 0.3) is 0 Å². The Hall–Kier alpha value is -5.79. The highest BCUT2D eigenvalue weighted by molar-refractivity contribution is 5.96. The Bertz CT molecular complexity index is 1830. The monoisotopic (exact) mass is 769 g/mol. The highest BCUT2D eigenvalue weighted by Crippen LogP contribution is 2.33. The van der Waals surface area contributed by atoms with Gasteiger partial charge in [-0.3, -0.25) is 24.5 Å². The summed E-state index contributed by atoms with van der Waals surface area (Å²) in [4.78, 5) is 83.3. The number of hydrogen-bond donors (Lipinski definition) is 2. The number of non-ortho nitro benzene ring substituents is 1. The zero-order valence-electron chi connectivity index (χ0n) is 32.5. The first-order valence-corrected chi connectivity index (χ1v) is 19.1. The van der Waals surface area contributed by atoms with E-state index in [-0.39, 0.29) is 30.7 Å². The maximum Gasteiger partial charge on any atom is 0.408 e. The summed E-state index contributed by atoms with van der Waals surface area (Å²) in [6.45, 7) is 9.16. The number of esters is 1. The molecule has 2 heterocycles. The molecule has 56 heavy (non-hydrogen) atoms. The number of carbonyl (C=O) groups excluding carboxylic acids is 5. The van der Waals surface area contributed by atoms with Crippen molar-refractivity contribution in [1.82, 2.24) is 20.4 Å². The molecule has 5 rings (SSSR count). The van der Waals surface area contributed by atoms with Gasteiger partial charge in [-0.25, -0.2) is 9.59 Å². The quantitative estimate of drug-likeness (QED) is 0.129. The second-order valence-corrected chi connectivity index (χ2v) is 15.6. The standard InChI is InChI=1S/C42H51N5O9/c1-27(2)35(44-41(52)56-42(3,4)5)37(48)43-36(34(29-14-8-6-9-15-29)30-16-10-7-11-17-30)39(50)45-24-12-18-32(45)38(49)46-25-13-19-33(46)40(51)55-26-28-20-22-31(23-21-28)47(53)54/h6-11,14-17,20-23,27,32-36H,12-13,18-19,24-26H2,1-5H3,(H,43,48)(H,44,52)/t32-,33-,35-,36-/m0/s1. The smallest absolute Gasteiger partial charge is 0.408 e. The van der Waals surface area contributed by atoms with Crippen molar-refractivity contribution >= 4 is 35.5 Å². The molecule has 14 nitrogen and oxygen atoms in total. The third-order valence-electron chi connectivity index (χ3n) is 9.99. The molecular formula is C42H51N5O9. The van der Waals surface area contributed by atoms with Crippen LogP contribution in [0.15, 0.2) is 84.9 Å². The molecule has 3 aromatic rings. The van der Waals surface area contributed by atoms with E-state index in [2.05, 4.69) is 10.6 Å². The predicted octanol–water partition coefficient (Wildman–Crippen LogP) is 5.49. The number of benzene rings is 3. The lowest BCUT2D eigenvalue weighted by Gasteiger charge is -2.36. The van der Waals surface area contributed by atoms with E-state index in [4.69, 9.17) is 9.47 Å². The van der Waals surface area contributed by atoms with Crippen LogP contribution in [-0.4, -0.2) is 87.4 Å². The lowest BCUT2D eigenvalue weighted by atomic mass is 9.83. The Balaban J connectivity index is 1.41. The fourth-order valence-corrected chi connectivity index (χ4v) is 7.30. The summed E-state index contributed by atoms with van der Waals surface area (Å²) in [5, 5.41) is 16.7. The molecule has 2 N–H and O–H groups in total. The maximum atomic E-state index is 15.0. The van der Waals surface area contributed by atoms with Crippen molar-refractivity contribution in [2.75, 3.05) is 13.1 Å². The van der Waals surface area contributed by atoms with Gasteiger partial charge >= 0.3 is 12.1 Å². The Morgan fingerprint density at radius 1 is 0.786 bits per heavy atom. The summed E-state index contributed by atoms with van der Waals surface area (Å²) in [6.07, 6.45) is 1.07. The summed E-state index contributed by atoms with van der Waals surface area (Å²) in [5.41, 5.74) is 1.20. The van der Waals surface area contributed by atoms with Crippen molar-refractivity contribution in [3.05, 3.63) is 112 Å². The molecule has 0 unspecified atom stereocenters. The van der Waals surface area contributed by atoms with Gasteiger partial charge in [-0.2, -0.15) is 0 Å². The highest BCUT2D eigenvalue weighted by Gasteiger charge is 2.46. The number of amides is 4. The summed E-state index contributed by atoms with van der Waals surface area (Å²) >= 11 is 0. The molecule has 2 aliphatic heterocycles. The number of nitrogens with zero attached hydrogens (tertiary/aromatic N) is 3. The normalized spacial score (nSPS) is 18.0. The van der Waals surface area contributed by atoms with Gasteiger partial charge in [-0.15, -0.1) is 0 Å². The first-order valence-electron chi connectivity index (χ1n) is 19.1. The fourth-order valence-electron chi connectivity index (χ4n) is 7.30. The molecule has 0 saturated carbocycles. The molecule has 298 valence electrons. The summed E-state index contributed by atoms with van der Waals surface area (Å²) < 4.78 is 11.0. The van der Waals surface area contributed by atoms with Crippen molar-refractivity contribution in [2.45, 2.75) is 103 Å². The molecule has 4 amide bonds. The van der Waals surface area contributed by atoms with E-state index in [1.165, 1.54) is 34.1 Å². The fraction of sp³-hybridized carbons (Fsp3) is 0.452. The molecule has 2 fully saturated rings. The van der Waals surface area contributed by atoms with Gasteiger partial charge in [-0.05, 0) is 81.2 Å². The molecule has 0 bridgehead atoms.